The lowest BCUT2D eigenvalue weighted by atomic mass is 10.1. The molecule has 0 aliphatic rings. The summed E-state index contributed by atoms with van der Waals surface area (Å²) in [5.41, 5.74) is 7.05. The molecular formula is C20H17Cl3N4OS. The molecule has 0 spiro atoms. The van der Waals surface area contributed by atoms with Gasteiger partial charge in [0, 0.05) is 17.8 Å². The molecule has 0 saturated carbocycles. The maximum absolute atomic E-state index is 13.3. The summed E-state index contributed by atoms with van der Waals surface area (Å²) in [5, 5.41) is 8.15. The zero-order valence-electron chi connectivity index (χ0n) is 15.1. The molecule has 3 aromatic rings. The largest absolute Gasteiger partial charge is 0.398 e. The third-order valence-corrected chi connectivity index (χ3v) is 5.24. The first kappa shape index (κ1) is 21.7. The van der Waals surface area contributed by atoms with Gasteiger partial charge in [0.25, 0.3) is 5.56 Å². The molecule has 0 atom stereocenters. The molecule has 0 aliphatic carbocycles. The third-order valence-electron chi connectivity index (χ3n) is 4.35. The molecule has 0 aliphatic heterocycles. The molecule has 1 aromatic heterocycles. The van der Waals surface area contributed by atoms with Crippen molar-refractivity contribution in [2.45, 2.75) is 21.8 Å². The minimum absolute atomic E-state index is 0.000499. The molecule has 29 heavy (non-hydrogen) atoms. The average Bonchev–Trinajstić information content (AvgIpc) is 2.67. The summed E-state index contributed by atoms with van der Waals surface area (Å²) in [7, 11) is 0. The fourth-order valence-electron chi connectivity index (χ4n) is 2.90. The quantitative estimate of drug-likeness (QED) is 0.166. The van der Waals surface area contributed by atoms with Crippen LogP contribution in [0.4, 0.5) is 5.69 Å². The van der Waals surface area contributed by atoms with Crippen molar-refractivity contribution in [3.8, 4) is 11.4 Å². The Balaban J connectivity index is 2.19. The molecule has 2 aromatic carbocycles. The van der Waals surface area contributed by atoms with Crippen LogP contribution in [0.2, 0.25) is 0 Å². The van der Waals surface area contributed by atoms with Gasteiger partial charge in [-0.25, -0.2) is 4.98 Å². The number of para-hydroxylation sites is 1. The average molecular weight is 468 g/mol. The molecule has 0 saturated heterocycles. The molecule has 0 fully saturated rings. The van der Waals surface area contributed by atoms with E-state index >= 15 is 0 Å². The number of hydrogen-bond donors (Lipinski definition) is 3. The predicted molar refractivity (Wildman–Crippen MR) is 123 cm³/mol. The van der Waals surface area contributed by atoms with Crippen LogP contribution in [0.3, 0.4) is 0 Å². The van der Waals surface area contributed by atoms with Gasteiger partial charge in [0.1, 0.15) is 10.9 Å². The number of halogens is 3. The molecule has 1 heterocycles. The number of nitrogens with two attached hydrogens (primary N) is 1. The van der Waals surface area contributed by atoms with E-state index < -0.39 is 15.1 Å². The van der Waals surface area contributed by atoms with Crippen molar-refractivity contribution in [2.75, 3.05) is 5.73 Å². The van der Waals surface area contributed by atoms with Crippen molar-refractivity contribution in [3.05, 3.63) is 76.1 Å². The molecule has 0 radical (unpaired) electrons. The highest BCUT2D eigenvalue weighted by atomic mass is 35.6. The van der Waals surface area contributed by atoms with E-state index in [1.54, 1.807) is 24.3 Å². The van der Waals surface area contributed by atoms with Gasteiger partial charge in [-0.05, 0) is 24.1 Å². The Bertz CT molecular complexity index is 1110. The van der Waals surface area contributed by atoms with E-state index in [4.69, 9.17) is 45.9 Å². The number of hydrogen-bond acceptors (Lipinski definition) is 5. The maximum Gasteiger partial charge on any atom is 0.264 e. The van der Waals surface area contributed by atoms with Crippen molar-refractivity contribution in [1.29, 1.82) is 5.41 Å². The Labute approximate surface area is 188 Å². The normalized spacial score (nSPS) is 11.4. The third kappa shape index (κ3) is 4.78. The highest BCUT2D eigenvalue weighted by Gasteiger charge is 2.33. The summed E-state index contributed by atoms with van der Waals surface area (Å²) in [6.07, 6.45) is 0.564. The van der Waals surface area contributed by atoms with Crippen LogP contribution in [0, 0.1) is 5.41 Å². The lowest BCUT2D eigenvalue weighted by Crippen LogP contribution is -2.34. The van der Waals surface area contributed by atoms with E-state index in [9.17, 15) is 4.79 Å². The zero-order chi connectivity index (χ0) is 21.2. The van der Waals surface area contributed by atoms with Crippen LogP contribution in [-0.2, 0) is 13.0 Å². The number of nitrogens with one attached hydrogen (secondary N) is 1. The first-order valence-electron chi connectivity index (χ1n) is 8.59. The number of thiol groups is 1. The van der Waals surface area contributed by atoms with E-state index in [1.165, 1.54) is 4.57 Å². The number of rotatable bonds is 5. The maximum atomic E-state index is 13.3. The molecule has 5 nitrogen and oxygen atoms in total. The minimum Gasteiger partial charge on any atom is -0.398 e. The van der Waals surface area contributed by atoms with Crippen molar-refractivity contribution >= 4 is 58.8 Å². The van der Waals surface area contributed by atoms with E-state index in [0.29, 0.717) is 30.0 Å². The number of benzene rings is 2. The van der Waals surface area contributed by atoms with Crippen LogP contribution in [-0.4, -0.2) is 19.1 Å². The molecule has 0 bridgehead atoms. The van der Waals surface area contributed by atoms with Crippen molar-refractivity contribution in [1.82, 2.24) is 9.55 Å². The Morgan fingerprint density at radius 2 is 1.72 bits per heavy atom. The molecule has 0 unspecified atom stereocenters. The smallest absolute Gasteiger partial charge is 0.264 e. The number of nitrogen functional groups attached to an aromatic ring is 1. The Kier molecular flexibility index (Phi) is 6.58. The SMILES string of the molecule is N=C(c1c(S)nc(-c2ccccc2N)n(CCc2ccccc2)c1=O)C(Cl)(Cl)Cl. The highest BCUT2D eigenvalue weighted by molar-refractivity contribution is 7.80. The molecule has 150 valence electrons. The van der Waals surface area contributed by atoms with Gasteiger partial charge in [0.15, 0.2) is 0 Å². The fourth-order valence-corrected chi connectivity index (χ4v) is 3.49. The van der Waals surface area contributed by atoms with Gasteiger partial charge >= 0.3 is 0 Å². The van der Waals surface area contributed by atoms with E-state index in [2.05, 4.69) is 17.6 Å². The first-order valence-corrected chi connectivity index (χ1v) is 10.2. The molecule has 3 rings (SSSR count). The van der Waals surface area contributed by atoms with Gasteiger partial charge in [-0.3, -0.25) is 14.8 Å². The van der Waals surface area contributed by atoms with Crippen LogP contribution in [0.5, 0.6) is 0 Å². The van der Waals surface area contributed by atoms with Gasteiger partial charge < -0.3 is 5.73 Å². The zero-order valence-corrected chi connectivity index (χ0v) is 18.2. The lowest BCUT2D eigenvalue weighted by molar-refractivity contribution is 0.653. The van der Waals surface area contributed by atoms with Crippen LogP contribution < -0.4 is 11.3 Å². The van der Waals surface area contributed by atoms with E-state index in [1.807, 2.05) is 30.3 Å². The lowest BCUT2D eigenvalue weighted by Gasteiger charge is -2.19. The van der Waals surface area contributed by atoms with Crippen molar-refractivity contribution in [3.63, 3.8) is 0 Å². The van der Waals surface area contributed by atoms with Gasteiger partial charge in [0.05, 0.1) is 11.3 Å². The molecule has 0 amide bonds. The number of aromatic nitrogens is 2. The van der Waals surface area contributed by atoms with E-state index in [0.717, 1.165) is 5.56 Å². The van der Waals surface area contributed by atoms with Crippen molar-refractivity contribution in [2.24, 2.45) is 0 Å². The second kappa shape index (κ2) is 8.79. The number of aryl methyl sites for hydroxylation is 1. The Morgan fingerprint density at radius 1 is 1.10 bits per heavy atom. The van der Waals surface area contributed by atoms with Crippen LogP contribution in [0.25, 0.3) is 11.4 Å². The minimum atomic E-state index is -2.08. The molecule has 3 N–H and O–H groups in total. The van der Waals surface area contributed by atoms with Crippen LogP contribution >= 0.6 is 47.4 Å². The Hall–Kier alpha value is -1.99. The number of nitrogens with zero attached hydrogens (tertiary/aromatic N) is 2. The summed E-state index contributed by atoms with van der Waals surface area (Å²) in [4.78, 5) is 17.8. The summed E-state index contributed by atoms with van der Waals surface area (Å²) in [6, 6.07) is 16.8. The van der Waals surface area contributed by atoms with Gasteiger partial charge in [-0.1, -0.05) is 77.3 Å². The van der Waals surface area contributed by atoms with Crippen LogP contribution in [0.15, 0.2) is 64.4 Å². The van der Waals surface area contributed by atoms with Gasteiger partial charge in [-0.15, -0.1) is 12.6 Å². The summed E-state index contributed by atoms with van der Waals surface area (Å²) < 4.78 is -0.637. The topological polar surface area (TPSA) is 84.8 Å². The van der Waals surface area contributed by atoms with Crippen molar-refractivity contribution < 1.29 is 0 Å². The Morgan fingerprint density at radius 3 is 2.34 bits per heavy atom. The highest BCUT2D eigenvalue weighted by Crippen LogP contribution is 2.32. The van der Waals surface area contributed by atoms with E-state index in [-0.39, 0.29) is 10.6 Å². The molecular weight excluding hydrogens is 451 g/mol. The summed E-state index contributed by atoms with van der Waals surface area (Å²) in [5.74, 6) is 0.342. The standard InChI is InChI=1S/C20H17Cl3N4OS/c21-20(22,23)16(25)15-18(29)26-17(13-8-4-5-9-14(13)24)27(19(15)28)11-10-12-6-2-1-3-7-12/h1-9,25,29H,10-11,24H2. The van der Waals surface area contributed by atoms with Gasteiger partial charge in [-0.2, -0.15) is 0 Å². The first-order chi connectivity index (χ1) is 13.7. The fraction of sp³-hybridized carbons (Fsp3) is 0.150. The second-order valence-electron chi connectivity index (χ2n) is 6.29. The summed E-state index contributed by atoms with van der Waals surface area (Å²) in [6.45, 7) is 0.299. The number of alkyl halides is 3. The second-order valence-corrected chi connectivity index (χ2v) is 8.99. The van der Waals surface area contributed by atoms with Crippen LogP contribution in [0.1, 0.15) is 11.1 Å². The molecule has 9 heteroatoms. The predicted octanol–water partition coefficient (Wildman–Crippen LogP) is 4.76. The summed E-state index contributed by atoms with van der Waals surface area (Å²) >= 11 is 21.8. The monoisotopic (exact) mass is 466 g/mol. The number of anilines is 1. The van der Waals surface area contributed by atoms with Gasteiger partial charge in [0.2, 0.25) is 3.79 Å².